The minimum atomic E-state index is -0.0587. The highest BCUT2D eigenvalue weighted by atomic mass is 32.1. The summed E-state index contributed by atoms with van der Waals surface area (Å²) in [6.07, 6.45) is 3.96. The number of benzene rings is 2. The first-order chi connectivity index (χ1) is 14.7. The quantitative estimate of drug-likeness (QED) is 0.459. The Kier molecular flexibility index (Phi) is 4.81. The van der Waals surface area contributed by atoms with E-state index in [2.05, 4.69) is 87.5 Å². The lowest BCUT2D eigenvalue weighted by atomic mass is 10.0. The van der Waals surface area contributed by atoms with Crippen LogP contribution in [0.1, 0.15) is 29.0 Å². The third kappa shape index (κ3) is 3.17. The van der Waals surface area contributed by atoms with Gasteiger partial charge in [0.2, 0.25) is 0 Å². The second-order valence-electron chi connectivity index (χ2n) is 7.42. The summed E-state index contributed by atoms with van der Waals surface area (Å²) in [4.78, 5) is 6.85. The molecule has 0 aliphatic carbocycles. The predicted molar refractivity (Wildman–Crippen MR) is 125 cm³/mol. The van der Waals surface area contributed by atoms with Gasteiger partial charge in [-0.05, 0) is 67.2 Å². The Hall–Kier alpha value is -3.44. The Morgan fingerprint density at radius 2 is 1.63 bits per heavy atom. The molecule has 0 saturated carbocycles. The van der Waals surface area contributed by atoms with Crippen LogP contribution in [0.2, 0.25) is 0 Å². The van der Waals surface area contributed by atoms with Gasteiger partial charge in [-0.15, -0.1) is 0 Å². The van der Waals surface area contributed by atoms with Crippen LogP contribution in [0.15, 0.2) is 97.3 Å². The molecule has 0 spiro atoms. The molecule has 1 saturated heterocycles. The molecule has 1 aliphatic rings. The van der Waals surface area contributed by atoms with E-state index in [1.807, 2.05) is 36.5 Å². The van der Waals surface area contributed by atoms with Crippen LogP contribution in [0.3, 0.4) is 0 Å². The van der Waals surface area contributed by atoms with E-state index in [-0.39, 0.29) is 12.1 Å². The van der Waals surface area contributed by atoms with Crippen molar-refractivity contribution in [1.29, 1.82) is 0 Å². The molecule has 148 valence electrons. The fourth-order valence-corrected chi connectivity index (χ4v) is 4.56. The maximum absolute atomic E-state index is 5.81. The van der Waals surface area contributed by atoms with Crippen molar-refractivity contribution in [3.05, 3.63) is 114 Å². The highest BCUT2D eigenvalue weighted by Crippen LogP contribution is 2.42. The van der Waals surface area contributed by atoms with Crippen molar-refractivity contribution in [3.63, 3.8) is 0 Å². The van der Waals surface area contributed by atoms with Crippen LogP contribution in [0.4, 0.5) is 5.69 Å². The van der Waals surface area contributed by atoms with Crippen LogP contribution in [0.5, 0.6) is 0 Å². The summed E-state index contributed by atoms with van der Waals surface area (Å²) in [6, 6.07) is 29.0. The van der Waals surface area contributed by atoms with Crippen molar-refractivity contribution in [1.82, 2.24) is 14.9 Å². The summed E-state index contributed by atoms with van der Waals surface area (Å²) < 4.78 is 2.27. The molecule has 1 N–H and O–H groups in total. The zero-order valence-corrected chi connectivity index (χ0v) is 17.5. The molecule has 2 aromatic heterocycles. The van der Waals surface area contributed by atoms with Crippen LogP contribution < -0.4 is 10.2 Å². The molecule has 4 aromatic rings. The van der Waals surface area contributed by atoms with Gasteiger partial charge >= 0.3 is 0 Å². The molecule has 0 unspecified atom stereocenters. The normalized spacial score (nSPS) is 18.4. The molecule has 3 heterocycles. The maximum Gasteiger partial charge on any atom is 0.174 e. The monoisotopic (exact) mass is 410 g/mol. The average molecular weight is 411 g/mol. The average Bonchev–Trinajstić information content (AvgIpc) is 3.39. The van der Waals surface area contributed by atoms with Crippen LogP contribution >= 0.6 is 12.2 Å². The van der Waals surface area contributed by atoms with E-state index < -0.39 is 0 Å². The first kappa shape index (κ1) is 18.6. The van der Waals surface area contributed by atoms with Gasteiger partial charge in [0.05, 0.1) is 11.7 Å². The minimum absolute atomic E-state index is 0.0376. The van der Waals surface area contributed by atoms with Crippen LogP contribution in [0.25, 0.3) is 5.69 Å². The van der Waals surface area contributed by atoms with Crippen LogP contribution in [0, 0.1) is 6.92 Å². The molecule has 30 heavy (non-hydrogen) atoms. The van der Waals surface area contributed by atoms with Gasteiger partial charge in [0.1, 0.15) is 6.04 Å². The zero-order valence-electron chi connectivity index (χ0n) is 16.6. The molecule has 0 amide bonds. The highest BCUT2D eigenvalue weighted by molar-refractivity contribution is 7.80. The number of thiocarbonyl (C=S) groups is 1. The van der Waals surface area contributed by atoms with E-state index >= 15 is 0 Å². The first-order valence-corrected chi connectivity index (χ1v) is 10.4. The molecule has 2 aromatic carbocycles. The molecule has 4 nitrogen and oxygen atoms in total. The molecule has 0 radical (unpaired) electrons. The largest absolute Gasteiger partial charge is 0.351 e. The molecule has 5 rings (SSSR count). The lowest BCUT2D eigenvalue weighted by Crippen LogP contribution is -2.30. The minimum Gasteiger partial charge on any atom is -0.351 e. The number of nitrogens with one attached hydrogen (secondary N) is 1. The Morgan fingerprint density at radius 1 is 0.867 bits per heavy atom. The standard InChI is InChI=1S/C25H22N4S/c1-18-10-5-6-14-21(18)28-17-9-15-22(28)24-23(20-13-7-8-16-26-20)27-25(30)29(24)19-11-3-2-4-12-19/h2-17,23-24H,1H3,(H,27,30)/t23-,24+/m1/s1. The number of para-hydroxylation sites is 2. The smallest absolute Gasteiger partial charge is 0.174 e. The van der Waals surface area contributed by atoms with Crippen molar-refractivity contribution >= 4 is 23.0 Å². The fraction of sp³-hybridized carbons (Fsp3) is 0.120. The van der Waals surface area contributed by atoms with E-state index in [0.717, 1.165) is 17.1 Å². The number of nitrogens with zero attached hydrogens (tertiary/aromatic N) is 3. The molecule has 5 heteroatoms. The summed E-state index contributed by atoms with van der Waals surface area (Å²) in [5, 5.41) is 4.24. The zero-order chi connectivity index (χ0) is 20.5. The van der Waals surface area contributed by atoms with Gasteiger partial charge in [0.15, 0.2) is 5.11 Å². The number of anilines is 1. The Morgan fingerprint density at radius 3 is 2.40 bits per heavy atom. The van der Waals surface area contributed by atoms with Crippen LogP contribution in [-0.2, 0) is 0 Å². The van der Waals surface area contributed by atoms with Crippen molar-refractivity contribution < 1.29 is 0 Å². The van der Waals surface area contributed by atoms with Gasteiger partial charge in [-0.2, -0.15) is 0 Å². The highest BCUT2D eigenvalue weighted by Gasteiger charge is 2.42. The molecular weight excluding hydrogens is 388 g/mol. The summed E-state index contributed by atoms with van der Waals surface area (Å²) in [7, 11) is 0. The SMILES string of the molecule is Cc1ccccc1-n1cccc1[C@H]1[C@@H](c2ccccn2)NC(=S)N1c1ccccc1. The van der Waals surface area contributed by atoms with Crippen molar-refractivity contribution in [2.45, 2.75) is 19.0 Å². The number of rotatable bonds is 4. The number of aromatic nitrogens is 2. The van der Waals surface area contributed by atoms with E-state index in [1.165, 1.54) is 11.3 Å². The Bertz CT molecular complexity index is 1170. The van der Waals surface area contributed by atoms with E-state index in [0.29, 0.717) is 5.11 Å². The lowest BCUT2D eigenvalue weighted by Gasteiger charge is -2.29. The first-order valence-electron chi connectivity index (χ1n) is 10.0. The number of pyridine rings is 1. The molecule has 2 atom stereocenters. The van der Waals surface area contributed by atoms with Gasteiger partial charge in [-0.3, -0.25) is 4.98 Å². The molecule has 0 bridgehead atoms. The van der Waals surface area contributed by atoms with Gasteiger partial charge in [0.25, 0.3) is 0 Å². The second-order valence-corrected chi connectivity index (χ2v) is 7.81. The van der Waals surface area contributed by atoms with E-state index in [9.17, 15) is 0 Å². The maximum atomic E-state index is 5.81. The van der Waals surface area contributed by atoms with Gasteiger partial charge in [-0.1, -0.05) is 42.5 Å². The Labute approximate surface area is 181 Å². The molecular formula is C25H22N4S. The van der Waals surface area contributed by atoms with Gasteiger partial charge in [0, 0.05) is 29.5 Å². The number of hydrogen-bond donors (Lipinski definition) is 1. The topological polar surface area (TPSA) is 33.1 Å². The fourth-order valence-electron chi connectivity index (χ4n) is 4.21. The molecule has 1 aliphatic heterocycles. The van der Waals surface area contributed by atoms with Crippen molar-refractivity contribution in [2.24, 2.45) is 0 Å². The summed E-state index contributed by atoms with van der Waals surface area (Å²) in [5.74, 6) is 0. The van der Waals surface area contributed by atoms with Gasteiger partial charge < -0.3 is 14.8 Å². The summed E-state index contributed by atoms with van der Waals surface area (Å²) in [5.41, 5.74) is 5.60. The summed E-state index contributed by atoms with van der Waals surface area (Å²) >= 11 is 5.81. The second kappa shape index (κ2) is 7.76. The predicted octanol–water partition coefficient (Wildman–Crippen LogP) is 5.36. The Balaban J connectivity index is 1.69. The van der Waals surface area contributed by atoms with Gasteiger partial charge in [-0.25, -0.2) is 0 Å². The molecule has 1 fully saturated rings. The van der Waals surface area contributed by atoms with E-state index in [1.54, 1.807) is 0 Å². The van der Waals surface area contributed by atoms with Crippen molar-refractivity contribution in [2.75, 3.05) is 4.90 Å². The lowest BCUT2D eigenvalue weighted by molar-refractivity contribution is 0.549. The van der Waals surface area contributed by atoms with E-state index in [4.69, 9.17) is 12.2 Å². The van der Waals surface area contributed by atoms with Crippen LogP contribution in [-0.4, -0.2) is 14.7 Å². The van der Waals surface area contributed by atoms with Crippen molar-refractivity contribution in [3.8, 4) is 5.69 Å². The third-order valence-electron chi connectivity index (χ3n) is 5.59. The summed E-state index contributed by atoms with van der Waals surface area (Å²) in [6.45, 7) is 2.14. The number of aryl methyl sites for hydroxylation is 1. The number of hydrogen-bond acceptors (Lipinski definition) is 2. The third-order valence-corrected chi connectivity index (χ3v) is 5.91.